The standard InChI is InChI=1S/C20H20N2O/c1-14-8-10-16(11-9-14)17-6-4-5-7-19(17)21-20(23)18-13-22(3)12-15(18)2/h4-13H,1-3H3,(H,21,23). The van der Waals surface area contributed by atoms with Crippen molar-refractivity contribution in [3.8, 4) is 11.1 Å². The molecule has 0 fully saturated rings. The SMILES string of the molecule is Cc1ccc(-c2ccccc2NC(=O)c2cn(C)cc2C)cc1. The molecule has 0 radical (unpaired) electrons. The lowest BCUT2D eigenvalue weighted by molar-refractivity contribution is 0.102. The number of hydrogen-bond acceptors (Lipinski definition) is 1. The van der Waals surface area contributed by atoms with Gasteiger partial charge in [-0.2, -0.15) is 0 Å². The van der Waals surface area contributed by atoms with Gasteiger partial charge in [0.05, 0.1) is 5.56 Å². The summed E-state index contributed by atoms with van der Waals surface area (Å²) in [4.78, 5) is 12.6. The van der Waals surface area contributed by atoms with E-state index in [1.165, 1.54) is 5.56 Å². The van der Waals surface area contributed by atoms with Crippen molar-refractivity contribution in [1.82, 2.24) is 4.57 Å². The number of hydrogen-bond donors (Lipinski definition) is 1. The molecule has 0 unspecified atom stereocenters. The van der Waals surface area contributed by atoms with Gasteiger partial charge < -0.3 is 9.88 Å². The maximum Gasteiger partial charge on any atom is 0.257 e. The summed E-state index contributed by atoms with van der Waals surface area (Å²) in [6.45, 7) is 4.01. The first kappa shape index (κ1) is 15.1. The highest BCUT2D eigenvalue weighted by atomic mass is 16.1. The Hall–Kier alpha value is -2.81. The van der Waals surface area contributed by atoms with Gasteiger partial charge in [-0.1, -0.05) is 48.0 Å². The first-order chi connectivity index (χ1) is 11.0. The molecular weight excluding hydrogens is 284 g/mol. The fraction of sp³-hybridized carbons (Fsp3) is 0.150. The van der Waals surface area contributed by atoms with Gasteiger partial charge in [0.15, 0.2) is 0 Å². The number of anilines is 1. The molecule has 1 N–H and O–H groups in total. The van der Waals surface area contributed by atoms with Crippen molar-refractivity contribution in [2.24, 2.45) is 7.05 Å². The Labute approximate surface area is 136 Å². The summed E-state index contributed by atoms with van der Waals surface area (Å²) in [6, 6.07) is 16.2. The van der Waals surface area contributed by atoms with Gasteiger partial charge in [0.25, 0.3) is 5.91 Å². The molecule has 2 aromatic carbocycles. The molecule has 0 saturated carbocycles. The third kappa shape index (κ3) is 3.19. The molecule has 0 atom stereocenters. The molecule has 23 heavy (non-hydrogen) atoms. The lowest BCUT2D eigenvalue weighted by atomic mass is 10.0. The molecular formula is C20H20N2O. The van der Waals surface area contributed by atoms with Gasteiger partial charge in [0, 0.05) is 30.7 Å². The predicted molar refractivity (Wildman–Crippen MR) is 94.7 cm³/mol. The molecule has 0 spiro atoms. The van der Waals surface area contributed by atoms with Crippen LogP contribution in [0.5, 0.6) is 0 Å². The zero-order valence-corrected chi connectivity index (χ0v) is 13.6. The zero-order chi connectivity index (χ0) is 16.4. The van der Waals surface area contributed by atoms with Crippen molar-refractivity contribution >= 4 is 11.6 Å². The van der Waals surface area contributed by atoms with Crippen molar-refractivity contribution in [3.63, 3.8) is 0 Å². The second-order valence-electron chi connectivity index (χ2n) is 5.89. The summed E-state index contributed by atoms with van der Waals surface area (Å²) in [5.41, 5.74) is 5.83. The Bertz CT molecular complexity index is 844. The molecule has 1 amide bonds. The van der Waals surface area contributed by atoms with E-state index in [0.717, 1.165) is 22.4 Å². The van der Waals surface area contributed by atoms with Gasteiger partial charge in [-0.05, 0) is 31.0 Å². The Morgan fingerprint density at radius 2 is 1.65 bits per heavy atom. The average Bonchev–Trinajstić information content (AvgIpc) is 2.87. The molecule has 0 saturated heterocycles. The molecule has 116 valence electrons. The largest absolute Gasteiger partial charge is 0.356 e. The predicted octanol–water partition coefficient (Wildman–Crippen LogP) is 4.56. The maximum atomic E-state index is 12.6. The van der Waals surface area contributed by atoms with E-state index in [1.807, 2.05) is 55.2 Å². The molecule has 0 bridgehead atoms. The highest BCUT2D eigenvalue weighted by Gasteiger charge is 2.13. The normalized spacial score (nSPS) is 10.6. The third-order valence-corrected chi connectivity index (χ3v) is 3.94. The van der Waals surface area contributed by atoms with E-state index in [4.69, 9.17) is 0 Å². The van der Waals surface area contributed by atoms with E-state index >= 15 is 0 Å². The maximum absolute atomic E-state index is 12.6. The number of aryl methyl sites for hydroxylation is 3. The highest BCUT2D eigenvalue weighted by molar-refractivity contribution is 6.07. The average molecular weight is 304 g/mol. The molecule has 3 nitrogen and oxygen atoms in total. The first-order valence-corrected chi connectivity index (χ1v) is 7.64. The summed E-state index contributed by atoms with van der Waals surface area (Å²) >= 11 is 0. The number of para-hydroxylation sites is 1. The minimum Gasteiger partial charge on any atom is -0.356 e. The number of nitrogens with one attached hydrogen (secondary N) is 1. The van der Waals surface area contributed by atoms with Crippen LogP contribution in [0.25, 0.3) is 11.1 Å². The van der Waals surface area contributed by atoms with E-state index in [-0.39, 0.29) is 5.91 Å². The van der Waals surface area contributed by atoms with Gasteiger partial charge in [-0.25, -0.2) is 0 Å². The van der Waals surface area contributed by atoms with E-state index in [2.05, 4.69) is 36.5 Å². The summed E-state index contributed by atoms with van der Waals surface area (Å²) < 4.78 is 1.90. The molecule has 0 aliphatic heterocycles. The molecule has 1 heterocycles. The van der Waals surface area contributed by atoms with E-state index in [1.54, 1.807) is 0 Å². The number of carbonyl (C=O) groups excluding carboxylic acids is 1. The Morgan fingerprint density at radius 3 is 2.30 bits per heavy atom. The van der Waals surface area contributed by atoms with Gasteiger partial charge in [0.1, 0.15) is 0 Å². The van der Waals surface area contributed by atoms with Crippen LogP contribution in [0.2, 0.25) is 0 Å². The van der Waals surface area contributed by atoms with Crippen LogP contribution in [0, 0.1) is 13.8 Å². The van der Waals surface area contributed by atoms with Crippen LogP contribution >= 0.6 is 0 Å². The van der Waals surface area contributed by atoms with Gasteiger partial charge in [0.2, 0.25) is 0 Å². The second-order valence-corrected chi connectivity index (χ2v) is 5.89. The summed E-state index contributed by atoms with van der Waals surface area (Å²) in [5, 5.41) is 3.04. The third-order valence-electron chi connectivity index (χ3n) is 3.94. The van der Waals surface area contributed by atoms with E-state index in [0.29, 0.717) is 5.56 Å². The van der Waals surface area contributed by atoms with E-state index in [9.17, 15) is 4.79 Å². The van der Waals surface area contributed by atoms with E-state index < -0.39 is 0 Å². The number of amides is 1. The Balaban J connectivity index is 1.93. The summed E-state index contributed by atoms with van der Waals surface area (Å²) in [6.07, 6.45) is 3.79. The van der Waals surface area contributed by atoms with Crippen LogP contribution in [0.3, 0.4) is 0 Å². The fourth-order valence-corrected chi connectivity index (χ4v) is 2.72. The molecule has 1 aromatic heterocycles. The first-order valence-electron chi connectivity index (χ1n) is 7.64. The lowest BCUT2D eigenvalue weighted by Crippen LogP contribution is -2.13. The van der Waals surface area contributed by atoms with Gasteiger partial charge in [-0.3, -0.25) is 4.79 Å². The quantitative estimate of drug-likeness (QED) is 0.756. The summed E-state index contributed by atoms with van der Waals surface area (Å²) in [7, 11) is 1.92. The molecule has 0 aliphatic rings. The van der Waals surface area contributed by atoms with Gasteiger partial charge in [-0.15, -0.1) is 0 Å². The van der Waals surface area contributed by atoms with Crippen molar-refractivity contribution in [2.45, 2.75) is 13.8 Å². The number of aromatic nitrogens is 1. The minimum atomic E-state index is -0.0809. The lowest BCUT2D eigenvalue weighted by Gasteiger charge is -2.11. The smallest absolute Gasteiger partial charge is 0.257 e. The molecule has 3 aromatic rings. The van der Waals surface area contributed by atoms with Crippen LogP contribution in [-0.4, -0.2) is 10.5 Å². The van der Waals surface area contributed by atoms with Crippen LogP contribution in [-0.2, 0) is 7.05 Å². The molecule has 0 aliphatic carbocycles. The van der Waals surface area contributed by atoms with Crippen LogP contribution in [0.4, 0.5) is 5.69 Å². The van der Waals surface area contributed by atoms with Crippen LogP contribution in [0.1, 0.15) is 21.5 Å². The Morgan fingerprint density at radius 1 is 0.957 bits per heavy atom. The van der Waals surface area contributed by atoms with Crippen molar-refractivity contribution in [2.75, 3.05) is 5.32 Å². The molecule has 3 rings (SSSR count). The number of carbonyl (C=O) groups is 1. The number of benzene rings is 2. The van der Waals surface area contributed by atoms with Crippen LogP contribution in [0.15, 0.2) is 60.9 Å². The minimum absolute atomic E-state index is 0.0809. The number of rotatable bonds is 3. The molecule has 3 heteroatoms. The van der Waals surface area contributed by atoms with Crippen molar-refractivity contribution in [3.05, 3.63) is 77.6 Å². The summed E-state index contributed by atoms with van der Waals surface area (Å²) in [5.74, 6) is -0.0809. The topological polar surface area (TPSA) is 34.0 Å². The van der Waals surface area contributed by atoms with Crippen LogP contribution < -0.4 is 5.32 Å². The van der Waals surface area contributed by atoms with Gasteiger partial charge >= 0.3 is 0 Å². The number of nitrogens with zero attached hydrogens (tertiary/aromatic N) is 1. The Kier molecular flexibility index (Phi) is 4.02. The highest BCUT2D eigenvalue weighted by Crippen LogP contribution is 2.28. The monoisotopic (exact) mass is 304 g/mol. The zero-order valence-electron chi connectivity index (χ0n) is 13.6. The fourth-order valence-electron chi connectivity index (χ4n) is 2.72. The van der Waals surface area contributed by atoms with Crippen molar-refractivity contribution in [1.29, 1.82) is 0 Å². The van der Waals surface area contributed by atoms with Crippen molar-refractivity contribution < 1.29 is 4.79 Å². The second kappa shape index (κ2) is 6.13.